The number of hydrogen-bond donors (Lipinski definition) is 0. The van der Waals surface area contributed by atoms with E-state index in [0.717, 1.165) is 35.4 Å². The Hall–Kier alpha value is -2.98. The molecule has 4 nitrogen and oxygen atoms in total. The van der Waals surface area contributed by atoms with E-state index >= 15 is 0 Å². The SMILES string of the molecule is O=C1C(=Nc2ccc3ccccc3c2)c2ccccc2N1CN1CCCCC1. The molecule has 2 heterocycles. The number of amides is 1. The summed E-state index contributed by atoms with van der Waals surface area (Å²) < 4.78 is 0. The summed E-state index contributed by atoms with van der Waals surface area (Å²) >= 11 is 0. The van der Waals surface area contributed by atoms with Gasteiger partial charge in [-0.05, 0) is 54.9 Å². The summed E-state index contributed by atoms with van der Waals surface area (Å²) in [5.74, 6) is -0.0000629. The summed E-state index contributed by atoms with van der Waals surface area (Å²) in [6.07, 6.45) is 3.71. The minimum atomic E-state index is -0.0000629. The smallest absolute Gasteiger partial charge is 0.278 e. The molecule has 0 spiro atoms. The minimum Gasteiger partial charge on any atom is -0.293 e. The van der Waals surface area contributed by atoms with Crippen LogP contribution in [0.15, 0.2) is 71.7 Å². The van der Waals surface area contributed by atoms with E-state index in [4.69, 9.17) is 4.99 Å². The monoisotopic (exact) mass is 369 g/mol. The highest BCUT2D eigenvalue weighted by Crippen LogP contribution is 2.32. The van der Waals surface area contributed by atoms with Crippen LogP contribution >= 0.6 is 0 Å². The fraction of sp³-hybridized carbons (Fsp3) is 0.250. The highest BCUT2D eigenvalue weighted by atomic mass is 16.2. The summed E-state index contributed by atoms with van der Waals surface area (Å²) in [6.45, 7) is 2.76. The fourth-order valence-corrected chi connectivity index (χ4v) is 4.19. The molecule has 0 aliphatic carbocycles. The fourth-order valence-electron chi connectivity index (χ4n) is 4.19. The largest absolute Gasteiger partial charge is 0.293 e. The Morgan fingerprint density at radius 1 is 0.821 bits per heavy atom. The molecule has 4 heteroatoms. The zero-order valence-electron chi connectivity index (χ0n) is 15.8. The average Bonchev–Trinajstić information content (AvgIpc) is 3.00. The standard InChI is InChI=1S/C24H23N3O/c28-24-23(25-20-13-12-18-8-2-3-9-19(18)16-20)21-10-4-5-11-22(21)27(24)17-26-14-6-1-7-15-26/h2-5,8-13,16H,1,6-7,14-15,17H2. The van der Waals surface area contributed by atoms with Crippen molar-refractivity contribution in [3.05, 3.63) is 72.3 Å². The highest BCUT2D eigenvalue weighted by Gasteiger charge is 2.34. The molecule has 0 aromatic heterocycles. The molecule has 1 fully saturated rings. The van der Waals surface area contributed by atoms with E-state index in [1.54, 1.807) is 0 Å². The first-order valence-corrected chi connectivity index (χ1v) is 10.0. The van der Waals surface area contributed by atoms with Crippen molar-refractivity contribution in [2.24, 2.45) is 4.99 Å². The number of carbonyl (C=O) groups is 1. The molecule has 0 bridgehead atoms. The van der Waals surface area contributed by atoms with Gasteiger partial charge in [0, 0.05) is 5.56 Å². The van der Waals surface area contributed by atoms with E-state index in [2.05, 4.69) is 23.1 Å². The van der Waals surface area contributed by atoms with Gasteiger partial charge in [0.1, 0.15) is 5.71 Å². The van der Waals surface area contributed by atoms with Crippen LogP contribution in [0.1, 0.15) is 24.8 Å². The van der Waals surface area contributed by atoms with E-state index < -0.39 is 0 Å². The summed E-state index contributed by atoms with van der Waals surface area (Å²) in [5.41, 5.74) is 3.26. The lowest BCUT2D eigenvalue weighted by Gasteiger charge is -2.30. The molecule has 0 radical (unpaired) electrons. The van der Waals surface area contributed by atoms with Gasteiger partial charge < -0.3 is 0 Å². The quantitative estimate of drug-likeness (QED) is 0.668. The molecule has 2 aliphatic heterocycles. The molecule has 2 aliphatic rings. The van der Waals surface area contributed by atoms with Crippen molar-refractivity contribution in [3.8, 4) is 0 Å². The Morgan fingerprint density at radius 3 is 2.43 bits per heavy atom. The van der Waals surface area contributed by atoms with Gasteiger partial charge in [-0.1, -0.05) is 55.0 Å². The van der Waals surface area contributed by atoms with Crippen LogP contribution < -0.4 is 4.90 Å². The number of piperidine rings is 1. The number of hydrogen-bond acceptors (Lipinski definition) is 3. The normalized spacial score (nSPS) is 18.8. The molecule has 28 heavy (non-hydrogen) atoms. The van der Waals surface area contributed by atoms with Crippen LogP contribution in [0.4, 0.5) is 11.4 Å². The molecule has 1 amide bonds. The lowest BCUT2D eigenvalue weighted by molar-refractivity contribution is -0.112. The maximum Gasteiger partial charge on any atom is 0.278 e. The molecule has 0 saturated carbocycles. The summed E-state index contributed by atoms with van der Waals surface area (Å²) in [6, 6.07) is 22.3. The number of para-hydroxylation sites is 1. The van der Waals surface area contributed by atoms with Crippen LogP contribution in [-0.4, -0.2) is 36.3 Å². The van der Waals surface area contributed by atoms with Gasteiger partial charge in [0.15, 0.2) is 0 Å². The lowest BCUT2D eigenvalue weighted by atomic mass is 10.1. The Bertz CT molecular complexity index is 1070. The van der Waals surface area contributed by atoms with Gasteiger partial charge in [-0.25, -0.2) is 4.99 Å². The Labute approximate surface area is 165 Å². The Balaban J connectivity index is 1.51. The van der Waals surface area contributed by atoms with Gasteiger partial charge in [-0.15, -0.1) is 0 Å². The van der Waals surface area contributed by atoms with Crippen molar-refractivity contribution in [1.82, 2.24) is 4.90 Å². The number of rotatable bonds is 3. The van der Waals surface area contributed by atoms with Crippen molar-refractivity contribution >= 4 is 33.8 Å². The second-order valence-electron chi connectivity index (χ2n) is 7.56. The number of benzene rings is 3. The van der Waals surface area contributed by atoms with Crippen LogP contribution in [0.5, 0.6) is 0 Å². The van der Waals surface area contributed by atoms with Crippen LogP contribution in [0.25, 0.3) is 10.8 Å². The first-order valence-electron chi connectivity index (χ1n) is 10.0. The van der Waals surface area contributed by atoms with Crippen molar-refractivity contribution in [1.29, 1.82) is 0 Å². The first kappa shape index (κ1) is 17.1. The van der Waals surface area contributed by atoms with Crippen molar-refractivity contribution in [2.75, 3.05) is 24.7 Å². The van der Waals surface area contributed by atoms with Gasteiger partial charge in [0.05, 0.1) is 18.0 Å². The Morgan fingerprint density at radius 2 is 1.57 bits per heavy atom. The molecule has 3 aromatic carbocycles. The van der Waals surface area contributed by atoms with Gasteiger partial charge in [0.25, 0.3) is 5.91 Å². The molecule has 5 rings (SSSR count). The van der Waals surface area contributed by atoms with Crippen molar-refractivity contribution < 1.29 is 4.79 Å². The molecule has 3 aromatic rings. The van der Waals surface area contributed by atoms with E-state index in [1.165, 1.54) is 24.6 Å². The number of fused-ring (bicyclic) bond motifs is 2. The third kappa shape index (κ3) is 3.10. The zero-order valence-corrected chi connectivity index (χ0v) is 15.8. The maximum absolute atomic E-state index is 13.3. The predicted molar refractivity (Wildman–Crippen MR) is 114 cm³/mol. The van der Waals surface area contributed by atoms with Gasteiger partial charge >= 0.3 is 0 Å². The van der Waals surface area contributed by atoms with Gasteiger partial charge in [-0.2, -0.15) is 0 Å². The number of anilines is 1. The second-order valence-corrected chi connectivity index (χ2v) is 7.56. The van der Waals surface area contributed by atoms with E-state index in [-0.39, 0.29) is 5.91 Å². The predicted octanol–water partition coefficient (Wildman–Crippen LogP) is 4.75. The summed E-state index contributed by atoms with van der Waals surface area (Å²) in [7, 11) is 0. The number of likely N-dealkylation sites (tertiary alicyclic amines) is 1. The van der Waals surface area contributed by atoms with E-state index in [0.29, 0.717) is 12.4 Å². The summed E-state index contributed by atoms with van der Waals surface area (Å²) in [5, 5.41) is 2.31. The Kier molecular flexibility index (Phi) is 4.41. The molecule has 0 N–H and O–H groups in total. The zero-order chi connectivity index (χ0) is 18.9. The van der Waals surface area contributed by atoms with E-state index in [9.17, 15) is 4.79 Å². The van der Waals surface area contributed by atoms with Gasteiger partial charge in [0.2, 0.25) is 0 Å². The van der Waals surface area contributed by atoms with Gasteiger partial charge in [-0.3, -0.25) is 14.6 Å². The molecular weight excluding hydrogens is 346 g/mol. The lowest BCUT2D eigenvalue weighted by Crippen LogP contribution is -2.43. The summed E-state index contributed by atoms with van der Waals surface area (Å²) in [4.78, 5) is 22.3. The average molecular weight is 369 g/mol. The first-order chi connectivity index (χ1) is 13.8. The third-order valence-electron chi connectivity index (χ3n) is 5.66. The maximum atomic E-state index is 13.3. The van der Waals surface area contributed by atoms with Crippen molar-refractivity contribution in [2.45, 2.75) is 19.3 Å². The highest BCUT2D eigenvalue weighted by molar-refractivity contribution is 6.54. The molecular formula is C24H23N3O. The number of aliphatic imine (C=N–C) groups is 1. The van der Waals surface area contributed by atoms with Crippen LogP contribution in [0, 0.1) is 0 Å². The number of carbonyl (C=O) groups excluding carboxylic acids is 1. The third-order valence-corrected chi connectivity index (χ3v) is 5.66. The molecule has 0 atom stereocenters. The second kappa shape index (κ2) is 7.21. The van der Waals surface area contributed by atoms with E-state index in [1.807, 2.05) is 53.4 Å². The molecule has 140 valence electrons. The minimum absolute atomic E-state index is 0.0000629. The van der Waals surface area contributed by atoms with Crippen LogP contribution in [0.2, 0.25) is 0 Å². The number of nitrogens with zero attached hydrogens (tertiary/aromatic N) is 3. The molecule has 0 unspecified atom stereocenters. The topological polar surface area (TPSA) is 35.9 Å². The molecule has 1 saturated heterocycles. The van der Waals surface area contributed by atoms with Crippen molar-refractivity contribution in [3.63, 3.8) is 0 Å². The van der Waals surface area contributed by atoms with Crippen LogP contribution in [-0.2, 0) is 4.79 Å². The van der Waals surface area contributed by atoms with Crippen LogP contribution in [0.3, 0.4) is 0 Å².